The molecule has 2 aliphatic heterocycles. The van der Waals surface area contributed by atoms with Gasteiger partial charge >= 0.3 is 0 Å². The molecule has 0 bridgehead atoms. The molecule has 0 radical (unpaired) electrons. The van der Waals surface area contributed by atoms with Crippen molar-refractivity contribution in [2.45, 2.75) is 45.6 Å². The fraction of sp³-hybridized carbons (Fsp3) is 1.00. The largest absolute Gasteiger partial charge is 0.152 e. The summed E-state index contributed by atoms with van der Waals surface area (Å²) in [5, 5.41) is 1.30. The number of hydrogen-bond acceptors (Lipinski definition) is 4. The van der Waals surface area contributed by atoms with Crippen molar-refractivity contribution >= 4 is 47.0 Å². The summed E-state index contributed by atoms with van der Waals surface area (Å²) in [4.78, 5) is 0. The van der Waals surface area contributed by atoms with Gasteiger partial charge in [0.2, 0.25) is 0 Å². The fourth-order valence-corrected chi connectivity index (χ4v) is 5.31. The van der Waals surface area contributed by atoms with E-state index < -0.39 is 0 Å². The Morgan fingerprint density at radius 3 is 1.44 bits per heavy atom. The van der Waals surface area contributed by atoms with E-state index in [2.05, 4.69) is 60.9 Å². The highest BCUT2D eigenvalue weighted by molar-refractivity contribution is 8.17. The molecule has 0 aliphatic carbocycles. The summed E-state index contributed by atoms with van der Waals surface area (Å²) in [5.74, 6) is 5.49. The van der Waals surface area contributed by atoms with Crippen molar-refractivity contribution in [1.29, 1.82) is 0 Å². The lowest BCUT2D eigenvalue weighted by atomic mass is 10.3. The smallest absolute Gasteiger partial charge is 0.0393 e. The molecule has 2 fully saturated rings. The molecule has 2 atom stereocenters. The van der Waals surface area contributed by atoms with Gasteiger partial charge in [0.15, 0.2) is 0 Å². The first kappa shape index (κ1) is 19.7. The van der Waals surface area contributed by atoms with Gasteiger partial charge in [-0.25, -0.2) is 0 Å². The Balaban J connectivity index is 0. The molecule has 16 heavy (non-hydrogen) atoms. The second-order valence-electron chi connectivity index (χ2n) is 4.29. The van der Waals surface area contributed by atoms with Crippen molar-refractivity contribution in [1.82, 2.24) is 0 Å². The Morgan fingerprint density at radius 1 is 0.875 bits per heavy atom. The Morgan fingerprint density at radius 2 is 1.19 bits per heavy atom. The molecule has 2 unspecified atom stereocenters. The Kier molecular flexibility index (Phi) is 9.56. The summed E-state index contributed by atoms with van der Waals surface area (Å²) < 4.78 is 1.31. The van der Waals surface area contributed by atoms with Crippen LogP contribution in [0, 0.1) is 0 Å². The molecule has 2 saturated heterocycles. The third-order valence-corrected chi connectivity index (χ3v) is 8.47. The second kappa shape index (κ2) is 7.75. The van der Waals surface area contributed by atoms with Gasteiger partial charge in [0.1, 0.15) is 0 Å². The van der Waals surface area contributed by atoms with Crippen LogP contribution in [0.3, 0.4) is 0 Å². The van der Waals surface area contributed by atoms with Crippen LogP contribution in [0.1, 0.15) is 36.1 Å². The monoisotopic (exact) mass is 300 g/mol. The minimum Gasteiger partial charge on any atom is -0.152 e. The van der Waals surface area contributed by atoms with E-state index in [-0.39, 0.29) is 22.3 Å². The lowest BCUT2D eigenvalue weighted by Crippen LogP contribution is -2.08. The maximum absolute atomic E-state index is 2.38. The van der Waals surface area contributed by atoms with Gasteiger partial charge in [0.05, 0.1) is 0 Å². The van der Waals surface area contributed by atoms with Crippen LogP contribution in [0.2, 0.25) is 0 Å². The van der Waals surface area contributed by atoms with Crippen molar-refractivity contribution in [3.63, 3.8) is 0 Å². The molecule has 0 aromatic heterocycles. The molecule has 0 saturated carbocycles. The van der Waals surface area contributed by atoms with E-state index in [1.165, 1.54) is 28.1 Å². The maximum atomic E-state index is 2.38. The van der Waals surface area contributed by atoms with E-state index >= 15 is 0 Å². The first-order valence-electron chi connectivity index (χ1n) is 4.55. The molecule has 100 valence electrons. The van der Waals surface area contributed by atoms with Gasteiger partial charge < -0.3 is 0 Å². The molecule has 0 nitrogen and oxygen atoms in total. The SMILES string of the molecule is C.C.C.CC1(CSCSCC2(C)CS2)CS1. The third kappa shape index (κ3) is 6.97. The third-order valence-electron chi connectivity index (χ3n) is 2.26. The first-order chi connectivity index (χ1) is 6.12. The predicted molar refractivity (Wildman–Crippen MR) is 91.7 cm³/mol. The number of hydrogen-bond donors (Lipinski definition) is 0. The van der Waals surface area contributed by atoms with Crippen molar-refractivity contribution in [2.24, 2.45) is 0 Å². The minimum atomic E-state index is 0. The Hall–Kier alpha value is 1.40. The van der Waals surface area contributed by atoms with Crippen LogP contribution < -0.4 is 0 Å². The zero-order valence-electron chi connectivity index (χ0n) is 8.17. The summed E-state index contributed by atoms with van der Waals surface area (Å²) in [7, 11) is 0. The molecule has 0 N–H and O–H groups in total. The zero-order chi connectivity index (χ0) is 9.36. The molecular formula is C12H28S4. The molecule has 4 heteroatoms. The summed E-state index contributed by atoms with van der Waals surface area (Å²) in [5.41, 5.74) is 0. The van der Waals surface area contributed by atoms with Crippen LogP contribution in [0.5, 0.6) is 0 Å². The molecule has 2 heterocycles. The van der Waals surface area contributed by atoms with Crippen LogP contribution in [0.4, 0.5) is 0 Å². The van der Waals surface area contributed by atoms with Crippen LogP contribution in [0.25, 0.3) is 0 Å². The highest BCUT2D eigenvalue weighted by Gasteiger charge is 2.39. The summed E-state index contributed by atoms with van der Waals surface area (Å²) >= 11 is 8.47. The minimum absolute atomic E-state index is 0. The van der Waals surface area contributed by atoms with E-state index in [1.54, 1.807) is 0 Å². The average molecular weight is 301 g/mol. The van der Waals surface area contributed by atoms with E-state index in [4.69, 9.17) is 0 Å². The van der Waals surface area contributed by atoms with Crippen molar-refractivity contribution in [3.05, 3.63) is 0 Å². The number of rotatable bonds is 6. The summed E-state index contributed by atoms with van der Waals surface area (Å²) in [6.07, 6.45) is 0. The number of thioether (sulfide) groups is 4. The van der Waals surface area contributed by atoms with Gasteiger partial charge in [-0.05, 0) is 13.8 Å². The zero-order valence-corrected chi connectivity index (χ0v) is 11.4. The van der Waals surface area contributed by atoms with Gasteiger partial charge in [-0.1, -0.05) is 22.3 Å². The summed E-state index contributed by atoms with van der Waals surface area (Å²) in [6, 6.07) is 0. The summed E-state index contributed by atoms with van der Waals surface area (Å²) in [6.45, 7) is 4.76. The van der Waals surface area contributed by atoms with Gasteiger partial charge in [-0.3, -0.25) is 0 Å². The first-order valence-corrected chi connectivity index (χ1v) is 8.84. The van der Waals surface area contributed by atoms with Crippen LogP contribution in [0.15, 0.2) is 0 Å². The average Bonchev–Trinajstić information content (AvgIpc) is 2.95. The fourth-order valence-electron chi connectivity index (χ4n) is 0.987. The normalized spacial score (nSPS) is 34.1. The topological polar surface area (TPSA) is 0 Å². The molecule has 0 aromatic rings. The lowest BCUT2D eigenvalue weighted by Gasteiger charge is -2.07. The van der Waals surface area contributed by atoms with Crippen molar-refractivity contribution < 1.29 is 0 Å². The van der Waals surface area contributed by atoms with Gasteiger partial charge in [-0.2, -0.15) is 23.5 Å². The standard InChI is InChI=1S/C9H16S4.3CH4/c1-8(5-12-8)3-10-7-11-4-9(2)6-13-9;;;/h3-7H2,1-2H3;3*1H4. The maximum Gasteiger partial charge on any atom is 0.0393 e. The van der Waals surface area contributed by atoms with Gasteiger partial charge in [0, 0.05) is 37.6 Å². The van der Waals surface area contributed by atoms with E-state index in [0.717, 1.165) is 0 Å². The van der Waals surface area contributed by atoms with Gasteiger partial charge in [-0.15, -0.1) is 23.5 Å². The quantitative estimate of drug-likeness (QED) is 0.369. The Labute approximate surface area is 120 Å². The molecule has 0 aromatic carbocycles. The van der Waals surface area contributed by atoms with Crippen LogP contribution in [-0.2, 0) is 0 Å². The molecule has 2 rings (SSSR count). The highest BCUT2D eigenvalue weighted by Crippen LogP contribution is 2.48. The highest BCUT2D eigenvalue weighted by atomic mass is 32.2. The second-order valence-corrected chi connectivity index (χ2v) is 9.75. The van der Waals surface area contributed by atoms with Crippen LogP contribution in [-0.4, -0.2) is 37.6 Å². The van der Waals surface area contributed by atoms with Crippen molar-refractivity contribution in [2.75, 3.05) is 28.1 Å². The Bertz CT molecular complexity index is 165. The van der Waals surface area contributed by atoms with Crippen LogP contribution >= 0.6 is 47.0 Å². The lowest BCUT2D eigenvalue weighted by molar-refractivity contribution is 0.919. The molecule has 0 spiro atoms. The van der Waals surface area contributed by atoms with Crippen molar-refractivity contribution in [3.8, 4) is 0 Å². The van der Waals surface area contributed by atoms with E-state index in [1.807, 2.05) is 0 Å². The van der Waals surface area contributed by atoms with E-state index in [0.29, 0.717) is 9.49 Å². The molecule has 0 amide bonds. The van der Waals surface area contributed by atoms with E-state index in [9.17, 15) is 0 Å². The predicted octanol–water partition coefficient (Wildman–Crippen LogP) is 5.33. The van der Waals surface area contributed by atoms with Gasteiger partial charge in [0.25, 0.3) is 0 Å². The molecular weight excluding hydrogens is 272 g/mol. The molecule has 2 aliphatic rings.